The number of likely N-dealkylation sites (N-methyl/N-ethyl adjacent to an activating group) is 1. The van der Waals surface area contributed by atoms with Gasteiger partial charge in [0.2, 0.25) is 12.7 Å². The third-order valence-corrected chi connectivity index (χ3v) is 7.07. The summed E-state index contributed by atoms with van der Waals surface area (Å²) in [5, 5.41) is 6.15. The van der Waals surface area contributed by atoms with Crippen LogP contribution in [0.2, 0.25) is 0 Å². The van der Waals surface area contributed by atoms with E-state index in [4.69, 9.17) is 9.47 Å². The lowest BCUT2D eigenvalue weighted by Gasteiger charge is -2.32. The van der Waals surface area contributed by atoms with E-state index in [-0.39, 0.29) is 18.6 Å². The maximum absolute atomic E-state index is 13.9. The molecule has 0 aromatic heterocycles. The molecular weight excluding hydrogens is 487 g/mol. The van der Waals surface area contributed by atoms with Gasteiger partial charge < -0.3 is 29.9 Å². The second-order valence-corrected chi connectivity index (χ2v) is 9.64. The van der Waals surface area contributed by atoms with Crippen LogP contribution in [0.15, 0.2) is 60.7 Å². The normalized spacial score (nSPS) is 17.7. The van der Waals surface area contributed by atoms with Crippen LogP contribution in [-0.4, -0.2) is 61.6 Å². The summed E-state index contributed by atoms with van der Waals surface area (Å²) in [4.78, 5) is 30.0. The Balaban J connectivity index is 1.30. The van der Waals surface area contributed by atoms with Gasteiger partial charge >= 0.3 is 0 Å². The van der Waals surface area contributed by atoms with Crippen molar-refractivity contribution in [3.63, 3.8) is 0 Å². The first-order chi connectivity index (χ1) is 18.4. The van der Waals surface area contributed by atoms with E-state index in [9.17, 15) is 14.0 Å². The standard InChI is InChI=1S/C29H27FN4O4/c1-33-10-12-34(13-11-33)26(35)14-18-2-6-21(7-3-18)31-28(19-4-9-24-25(15-19)38-17-37-24)27-22-8-5-20(30)16-23(22)32-29(27)36/h2-9,15-16,31H,10-14,17H2,1H3,(H,32,36). The predicted molar refractivity (Wildman–Crippen MR) is 142 cm³/mol. The maximum atomic E-state index is 13.9. The molecule has 6 rings (SSSR count). The molecule has 0 atom stereocenters. The van der Waals surface area contributed by atoms with E-state index in [1.54, 1.807) is 12.1 Å². The van der Waals surface area contributed by atoms with Crippen LogP contribution < -0.4 is 20.1 Å². The number of hydrogen-bond acceptors (Lipinski definition) is 6. The van der Waals surface area contributed by atoms with Crippen LogP contribution in [0.4, 0.5) is 15.8 Å². The maximum Gasteiger partial charge on any atom is 0.258 e. The molecule has 3 aromatic rings. The van der Waals surface area contributed by atoms with Gasteiger partial charge in [-0.3, -0.25) is 9.59 Å². The number of fused-ring (bicyclic) bond motifs is 2. The minimum absolute atomic E-state index is 0.119. The van der Waals surface area contributed by atoms with E-state index in [0.29, 0.717) is 46.0 Å². The average molecular weight is 515 g/mol. The number of nitrogens with zero attached hydrogens (tertiary/aromatic N) is 2. The van der Waals surface area contributed by atoms with Crippen LogP contribution in [0.5, 0.6) is 11.5 Å². The number of carbonyl (C=O) groups is 2. The van der Waals surface area contributed by atoms with Crippen LogP contribution in [0.25, 0.3) is 11.3 Å². The van der Waals surface area contributed by atoms with Crippen molar-refractivity contribution in [1.82, 2.24) is 9.80 Å². The fourth-order valence-electron chi connectivity index (χ4n) is 4.92. The first kappa shape index (κ1) is 24.0. The van der Waals surface area contributed by atoms with Gasteiger partial charge in [0, 0.05) is 43.0 Å². The Morgan fingerprint density at radius 2 is 1.74 bits per heavy atom. The molecule has 2 N–H and O–H groups in total. The summed E-state index contributed by atoms with van der Waals surface area (Å²) in [7, 11) is 2.06. The van der Waals surface area contributed by atoms with Gasteiger partial charge in [0.05, 0.1) is 23.4 Å². The van der Waals surface area contributed by atoms with Crippen molar-refractivity contribution in [2.45, 2.75) is 6.42 Å². The first-order valence-electron chi connectivity index (χ1n) is 12.5. The summed E-state index contributed by atoms with van der Waals surface area (Å²) >= 11 is 0. The molecule has 0 radical (unpaired) electrons. The molecule has 8 nitrogen and oxygen atoms in total. The first-order valence-corrected chi connectivity index (χ1v) is 12.5. The van der Waals surface area contributed by atoms with E-state index < -0.39 is 5.82 Å². The molecule has 9 heteroatoms. The molecule has 0 saturated carbocycles. The molecule has 0 aliphatic carbocycles. The number of ether oxygens (including phenoxy) is 2. The molecule has 38 heavy (non-hydrogen) atoms. The molecule has 1 fully saturated rings. The fourth-order valence-corrected chi connectivity index (χ4v) is 4.92. The van der Waals surface area contributed by atoms with Gasteiger partial charge in [0.15, 0.2) is 11.5 Å². The fraction of sp³-hybridized carbons (Fsp3) is 0.241. The van der Waals surface area contributed by atoms with Crippen molar-refractivity contribution in [3.05, 3.63) is 83.2 Å². The average Bonchev–Trinajstić information content (AvgIpc) is 3.51. The summed E-state index contributed by atoms with van der Waals surface area (Å²) in [6.07, 6.45) is 0.335. The number of halogens is 1. The van der Waals surface area contributed by atoms with Gasteiger partial charge in [-0.15, -0.1) is 0 Å². The van der Waals surface area contributed by atoms with Crippen LogP contribution in [0.1, 0.15) is 16.7 Å². The molecule has 3 aliphatic rings. The summed E-state index contributed by atoms with van der Waals surface area (Å²) in [6, 6.07) is 17.3. The largest absolute Gasteiger partial charge is 0.454 e. The molecule has 3 aromatic carbocycles. The lowest BCUT2D eigenvalue weighted by Crippen LogP contribution is -2.47. The number of carbonyl (C=O) groups excluding carboxylic acids is 2. The van der Waals surface area contributed by atoms with Gasteiger partial charge in [-0.1, -0.05) is 12.1 Å². The number of anilines is 2. The zero-order valence-corrected chi connectivity index (χ0v) is 20.9. The van der Waals surface area contributed by atoms with Crippen molar-refractivity contribution >= 4 is 34.5 Å². The Morgan fingerprint density at radius 1 is 0.974 bits per heavy atom. The molecule has 0 bridgehead atoms. The third-order valence-electron chi connectivity index (χ3n) is 7.07. The summed E-state index contributed by atoms with van der Waals surface area (Å²) < 4.78 is 24.9. The highest BCUT2D eigenvalue weighted by atomic mass is 19.1. The minimum Gasteiger partial charge on any atom is -0.454 e. The van der Waals surface area contributed by atoms with Crippen LogP contribution in [-0.2, 0) is 16.0 Å². The quantitative estimate of drug-likeness (QED) is 0.504. The highest BCUT2D eigenvalue weighted by molar-refractivity contribution is 6.37. The molecule has 1 saturated heterocycles. The van der Waals surface area contributed by atoms with Crippen LogP contribution in [0, 0.1) is 5.82 Å². The van der Waals surface area contributed by atoms with Crippen molar-refractivity contribution in [2.75, 3.05) is 50.7 Å². The molecular formula is C29H27FN4O4. The Morgan fingerprint density at radius 3 is 2.53 bits per heavy atom. The van der Waals surface area contributed by atoms with E-state index in [0.717, 1.165) is 37.4 Å². The second-order valence-electron chi connectivity index (χ2n) is 9.64. The van der Waals surface area contributed by atoms with E-state index in [2.05, 4.69) is 22.6 Å². The Bertz CT molecular complexity index is 1450. The molecule has 3 aliphatic heterocycles. The van der Waals surface area contributed by atoms with E-state index in [1.807, 2.05) is 41.3 Å². The van der Waals surface area contributed by atoms with Crippen LogP contribution >= 0.6 is 0 Å². The molecule has 194 valence electrons. The van der Waals surface area contributed by atoms with Crippen molar-refractivity contribution in [3.8, 4) is 11.5 Å². The van der Waals surface area contributed by atoms with E-state index >= 15 is 0 Å². The number of nitrogens with one attached hydrogen (secondary N) is 2. The van der Waals surface area contributed by atoms with Gasteiger partial charge in [0.25, 0.3) is 5.91 Å². The zero-order chi connectivity index (χ0) is 26.2. The van der Waals surface area contributed by atoms with Crippen molar-refractivity contribution in [1.29, 1.82) is 0 Å². The number of piperazine rings is 1. The number of rotatable bonds is 5. The molecule has 3 heterocycles. The summed E-state index contributed by atoms with van der Waals surface area (Å²) in [5.41, 5.74) is 4.33. The summed E-state index contributed by atoms with van der Waals surface area (Å²) in [5.74, 6) is 0.571. The van der Waals surface area contributed by atoms with Crippen molar-refractivity contribution < 1.29 is 23.5 Å². The van der Waals surface area contributed by atoms with Crippen LogP contribution in [0.3, 0.4) is 0 Å². The van der Waals surface area contributed by atoms with Gasteiger partial charge in [-0.25, -0.2) is 4.39 Å². The predicted octanol–water partition coefficient (Wildman–Crippen LogP) is 3.80. The van der Waals surface area contributed by atoms with Gasteiger partial charge in [-0.05, 0) is 61.1 Å². The Hall–Kier alpha value is -4.37. The number of hydrogen-bond donors (Lipinski definition) is 2. The Labute approximate surface area is 219 Å². The highest BCUT2D eigenvalue weighted by Gasteiger charge is 2.29. The third kappa shape index (κ3) is 4.68. The number of amides is 2. The number of benzene rings is 3. The molecule has 0 spiro atoms. The zero-order valence-electron chi connectivity index (χ0n) is 20.9. The SMILES string of the molecule is CN1CCN(C(=O)Cc2ccc(NC(=C3C(=O)Nc4cc(F)ccc43)c3ccc4c(c3)OCO4)cc2)CC1. The highest BCUT2D eigenvalue weighted by Crippen LogP contribution is 2.40. The topological polar surface area (TPSA) is 83.1 Å². The minimum atomic E-state index is -0.426. The Kier molecular flexibility index (Phi) is 6.21. The van der Waals surface area contributed by atoms with Crippen molar-refractivity contribution in [2.24, 2.45) is 0 Å². The molecule has 2 amide bonds. The smallest absolute Gasteiger partial charge is 0.258 e. The monoisotopic (exact) mass is 514 g/mol. The molecule has 0 unspecified atom stereocenters. The van der Waals surface area contributed by atoms with E-state index in [1.165, 1.54) is 12.1 Å². The lowest BCUT2D eigenvalue weighted by atomic mass is 9.99. The summed E-state index contributed by atoms with van der Waals surface area (Å²) in [6.45, 7) is 3.39. The van der Waals surface area contributed by atoms with Gasteiger partial charge in [0.1, 0.15) is 5.82 Å². The van der Waals surface area contributed by atoms with Gasteiger partial charge in [-0.2, -0.15) is 0 Å². The second kappa shape index (κ2) is 9.83. The lowest BCUT2D eigenvalue weighted by molar-refractivity contribution is -0.132.